The molecule has 1 aromatic carbocycles. The second-order valence-corrected chi connectivity index (χ2v) is 3.81. The van der Waals surface area contributed by atoms with E-state index in [1.165, 1.54) is 6.92 Å². The van der Waals surface area contributed by atoms with Gasteiger partial charge in [0, 0.05) is 11.6 Å². The highest BCUT2D eigenvalue weighted by molar-refractivity contribution is 5.94. The third-order valence-corrected chi connectivity index (χ3v) is 2.25. The minimum atomic E-state index is -1.03. The zero-order valence-corrected chi connectivity index (χ0v) is 9.36. The molecule has 1 atom stereocenters. The second-order valence-electron chi connectivity index (χ2n) is 3.81. The molecule has 4 heteroatoms. The van der Waals surface area contributed by atoms with Crippen LogP contribution in [-0.4, -0.2) is 23.0 Å². The van der Waals surface area contributed by atoms with Gasteiger partial charge in [-0.05, 0) is 31.9 Å². The molecule has 0 aliphatic rings. The minimum Gasteiger partial charge on any atom is -0.465 e. The molecule has 0 fully saturated rings. The molecule has 86 valence electrons. The Morgan fingerprint density at radius 2 is 2.12 bits per heavy atom. The Labute approximate surface area is 94.3 Å². The number of rotatable bonds is 4. The van der Waals surface area contributed by atoms with Gasteiger partial charge in [0.15, 0.2) is 5.78 Å². The fraction of sp³-hybridized carbons (Fsp3) is 0.333. The summed E-state index contributed by atoms with van der Waals surface area (Å²) < 4.78 is 0. The van der Waals surface area contributed by atoms with Crippen LogP contribution in [0.15, 0.2) is 24.3 Å². The van der Waals surface area contributed by atoms with Gasteiger partial charge < -0.3 is 10.4 Å². The molecule has 0 bridgehead atoms. The van der Waals surface area contributed by atoms with Crippen LogP contribution in [0.3, 0.4) is 0 Å². The summed E-state index contributed by atoms with van der Waals surface area (Å²) in [6, 6.07) is 7.06. The number of Topliss-reactive ketones (excluding diaryl/α,β-unsaturated/α-hetero) is 1. The van der Waals surface area contributed by atoms with Crippen molar-refractivity contribution in [2.45, 2.75) is 26.3 Å². The van der Waals surface area contributed by atoms with E-state index in [4.69, 9.17) is 5.11 Å². The lowest BCUT2D eigenvalue weighted by molar-refractivity contribution is 0.101. The summed E-state index contributed by atoms with van der Waals surface area (Å²) >= 11 is 0. The first-order chi connectivity index (χ1) is 7.49. The van der Waals surface area contributed by atoms with Gasteiger partial charge in [-0.15, -0.1) is 0 Å². The Hall–Kier alpha value is -1.84. The van der Waals surface area contributed by atoms with E-state index < -0.39 is 6.09 Å². The first kappa shape index (κ1) is 12.2. The van der Waals surface area contributed by atoms with Gasteiger partial charge in [-0.3, -0.25) is 4.79 Å². The minimum absolute atomic E-state index is 0.0145. The van der Waals surface area contributed by atoms with E-state index in [1.807, 2.05) is 6.07 Å². The zero-order chi connectivity index (χ0) is 12.1. The number of ketones is 1. The number of carbonyl (C=O) groups excluding carboxylic acids is 1. The van der Waals surface area contributed by atoms with Crippen molar-refractivity contribution in [2.75, 3.05) is 0 Å². The molecule has 0 aromatic heterocycles. The lowest BCUT2D eigenvalue weighted by Gasteiger charge is -2.11. The topological polar surface area (TPSA) is 66.4 Å². The van der Waals surface area contributed by atoms with Crippen molar-refractivity contribution in [3.63, 3.8) is 0 Å². The van der Waals surface area contributed by atoms with Crippen molar-refractivity contribution < 1.29 is 14.7 Å². The van der Waals surface area contributed by atoms with Gasteiger partial charge >= 0.3 is 6.09 Å². The van der Waals surface area contributed by atoms with E-state index in [0.717, 1.165) is 5.56 Å². The molecule has 0 spiro atoms. The van der Waals surface area contributed by atoms with Crippen molar-refractivity contribution in [2.24, 2.45) is 0 Å². The summed E-state index contributed by atoms with van der Waals surface area (Å²) in [6.07, 6.45) is -0.455. The molecule has 0 aliphatic heterocycles. The second kappa shape index (κ2) is 5.30. The predicted molar refractivity (Wildman–Crippen MR) is 60.8 cm³/mol. The Bertz CT molecular complexity index is 401. The van der Waals surface area contributed by atoms with Crippen LogP contribution in [0.5, 0.6) is 0 Å². The SMILES string of the molecule is CC(=O)c1cccc(CC(C)NC(=O)O)c1. The van der Waals surface area contributed by atoms with Crippen LogP contribution in [0.4, 0.5) is 4.79 Å². The maximum absolute atomic E-state index is 11.2. The van der Waals surface area contributed by atoms with Gasteiger partial charge in [-0.25, -0.2) is 4.79 Å². The number of hydrogen-bond donors (Lipinski definition) is 2. The van der Waals surface area contributed by atoms with E-state index >= 15 is 0 Å². The molecule has 1 aromatic rings. The van der Waals surface area contributed by atoms with Gasteiger partial charge in [0.25, 0.3) is 0 Å². The smallest absolute Gasteiger partial charge is 0.404 e. The quantitative estimate of drug-likeness (QED) is 0.765. The highest BCUT2D eigenvalue weighted by Gasteiger charge is 2.07. The molecule has 1 amide bonds. The highest BCUT2D eigenvalue weighted by Crippen LogP contribution is 2.08. The van der Waals surface area contributed by atoms with Gasteiger partial charge in [-0.2, -0.15) is 0 Å². The lowest BCUT2D eigenvalue weighted by atomic mass is 10.0. The number of carboxylic acid groups (broad SMARTS) is 1. The molecule has 0 radical (unpaired) electrons. The maximum atomic E-state index is 11.2. The third-order valence-electron chi connectivity index (χ3n) is 2.25. The van der Waals surface area contributed by atoms with Gasteiger partial charge in [0.05, 0.1) is 0 Å². The molecule has 1 rings (SSSR count). The number of hydrogen-bond acceptors (Lipinski definition) is 2. The van der Waals surface area contributed by atoms with Crippen LogP contribution in [0.2, 0.25) is 0 Å². The summed E-state index contributed by atoms with van der Waals surface area (Å²) in [6.45, 7) is 3.30. The normalized spacial score (nSPS) is 11.9. The average Bonchev–Trinajstić information content (AvgIpc) is 2.16. The molecule has 1 unspecified atom stereocenters. The number of carbonyl (C=O) groups is 2. The molecule has 2 N–H and O–H groups in total. The molecule has 0 saturated carbocycles. The van der Waals surface area contributed by atoms with Crippen LogP contribution < -0.4 is 5.32 Å². The van der Waals surface area contributed by atoms with E-state index in [-0.39, 0.29) is 11.8 Å². The van der Waals surface area contributed by atoms with E-state index in [1.54, 1.807) is 25.1 Å². The molecule has 0 saturated heterocycles. The molecular formula is C12H15NO3. The maximum Gasteiger partial charge on any atom is 0.404 e. The van der Waals surface area contributed by atoms with E-state index in [0.29, 0.717) is 12.0 Å². The summed E-state index contributed by atoms with van der Waals surface area (Å²) in [5.41, 5.74) is 1.61. The van der Waals surface area contributed by atoms with Crippen molar-refractivity contribution in [1.29, 1.82) is 0 Å². The molecule has 0 aliphatic carbocycles. The van der Waals surface area contributed by atoms with Crippen LogP contribution >= 0.6 is 0 Å². The third kappa shape index (κ3) is 3.73. The molecule has 4 nitrogen and oxygen atoms in total. The molecule has 0 heterocycles. The van der Waals surface area contributed by atoms with Crippen molar-refractivity contribution in [1.82, 2.24) is 5.32 Å². The van der Waals surface area contributed by atoms with Crippen LogP contribution in [-0.2, 0) is 6.42 Å². The van der Waals surface area contributed by atoms with Crippen LogP contribution in [0.25, 0.3) is 0 Å². The van der Waals surface area contributed by atoms with Crippen LogP contribution in [0.1, 0.15) is 29.8 Å². The zero-order valence-electron chi connectivity index (χ0n) is 9.36. The van der Waals surface area contributed by atoms with Crippen molar-refractivity contribution >= 4 is 11.9 Å². The Morgan fingerprint density at radius 3 is 2.69 bits per heavy atom. The lowest BCUT2D eigenvalue weighted by Crippen LogP contribution is -2.32. The number of nitrogens with one attached hydrogen (secondary N) is 1. The first-order valence-electron chi connectivity index (χ1n) is 5.08. The van der Waals surface area contributed by atoms with E-state index in [9.17, 15) is 9.59 Å². The van der Waals surface area contributed by atoms with Crippen LogP contribution in [0, 0.1) is 0 Å². The monoisotopic (exact) mass is 221 g/mol. The largest absolute Gasteiger partial charge is 0.465 e. The van der Waals surface area contributed by atoms with Gasteiger partial charge in [0.2, 0.25) is 0 Å². The Balaban J connectivity index is 2.70. The Kier molecular flexibility index (Phi) is 4.05. The summed E-state index contributed by atoms with van der Waals surface area (Å²) in [7, 11) is 0. The number of benzene rings is 1. The van der Waals surface area contributed by atoms with E-state index in [2.05, 4.69) is 5.32 Å². The predicted octanol–water partition coefficient (Wildman–Crippen LogP) is 2.09. The van der Waals surface area contributed by atoms with Gasteiger partial charge in [-0.1, -0.05) is 18.2 Å². The molecule has 16 heavy (non-hydrogen) atoms. The Morgan fingerprint density at radius 1 is 1.44 bits per heavy atom. The first-order valence-corrected chi connectivity index (χ1v) is 5.08. The average molecular weight is 221 g/mol. The highest BCUT2D eigenvalue weighted by atomic mass is 16.4. The summed E-state index contributed by atoms with van der Waals surface area (Å²) in [5.74, 6) is 0.0145. The standard InChI is InChI=1S/C12H15NO3/c1-8(13-12(15)16)6-10-4-3-5-11(7-10)9(2)14/h3-5,7-8,13H,6H2,1-2H3,(H,15,16). The fourth-order valence-corrected chi connectivity index (χ4v) is 1.53. The van der Waals surface area contributed by atoms with Crippen molar-refractivity contribution in [3.05, 3.63) is 35.4 Å². The van der Waals surface area contributed by atoms with Crippen molar-refractivity contribution in [3.8, 4) is 0 Å². The summed E-state index contributed by atoms with van der Waals surface area (Å²) in [5, 5.41) is 10.9. The summed E-state index contributed by atoms with van der Waals surface area (Å²) in [4.78, 5) is 21.6. The van der Waals surface area contributed by atoms with Gasteiger partial charge in [0.1, 0.15) is 0 Å². The fourth-order valence-electron chi connectivity index (χ4n) is 1.53. The number of amides is 1. The molecular weight excluding hydrogens is 206 g/mol.